The molecule has 0 bridgehead atoms. The maximum atomic E-state index is 12.6. The number of hydrogen-bond acceptors (Lipinski definition) is 5. The Morgan fingerprint density at radius 3 is 2.73 bits per heavy atom. The summed E-state index contributed by atoms with van der Waals surface area (Å²) < 4.78 is 3.39. The van der Waals surface area contributed by atoms with E-state index in [2.05, 4.69) is 39.8 Å². The average molecular weight is 445 g/mol. The fourth-order valence-electron chi connectivity index (χ4n) is 4.54. The summed E-state index contributed by atoms with van der Waals surface area (Å²) >= 11 is 0. The Kier molecular flexibility index (Phi) is 5.68. The zero-order valence-corrected chi connectivity index (χ0v) is 18.8. The first-order valence-corrected chi connectivity index (χ1v) is 11.5. The Labute approximate surface area is 191 Å². The molecule has 8 heteroatoms. The normalized spacial score (nSPS) is 15.7. The van der Waals surface area contributed by atoms with E-state index in [9.17, 15) is 9.59 Å². The Balaban J connectivity index is 1.25. The predicted octanol–water partition coefficient (Wildman–Crippen LogP) is 3.08. The van der Waals surface area contributed by atoms with Crippen molar-refractivity contribution >= 4 is 17.2 Å². The van der Waals surface area contributed by atoms with Crippen molar-refractivity contribution in [3.05, 3.63) is 82.3 Å². The molecule has 0 atom stereocenters. The van der Waals surface area contributed by atoms with Gasteiger partial charge in [0.1, 0.15) is 17.0 Å². The van der Waals surface area contributed by atoms with Crippen molar-refractivity contribution in [2.75, 3.05) is 0 Å². The SMILES string of the molecule is CC1(NCc2ccc3nc(CNC(=O)c4cc(=O)n5ccccc5n4)cn3c2)CCCCC1. The number of nitrogens with zero attached hydrogens (tertiary/aromatic N) is 4. The molecule has 2 N–H and O–H groups in total. The van der Waals surface area contributed by atoms with Gasteiger partial charge in [-0.05, 0) is 43.5 Å². The van der Waals surface area contributed by atoms with Crippen LogP contribution >= 0.6 is 0 Å². The van der Waals surface area contributed by atoms with E-state index >= 15 is 0 Å². The minimum atomic E-state index is -0.402. The van der Waals surface area contributed by atoms with E-state index in [0.29, 0.717) is 5.65 Å². The van der Waals surface area contributed by atoms with Crippen LogP contribution in [0, 0.1) is 0 Å². The van der Waals surface area contributed by atoms with Crippen LogP contribution < -0.4 is 16.2 Å². The summed E-state index contributed by atoms with van der Waals surface area (Å²) in [6.07, 6.45) is 12.0. The van der Waals surface area contributed by atoms with Gasteiger partial charge < -0.3 is 15.0 Å². The number of amides is 1. The van der Waals surface area contributed by atoms with Gasteiger partial charge in [0.25, 0.3) is 11.5 Å². The summed E-state index contributed by atoms with van der Waals surface area (Å²) in [7, 11) is 0. The Morgan fingerprint density at radius 2 is 1.88 bits per heavy atom. The van der Waals surface area contributed by atoms with Gasteiger partial charge >= 0.3 is 0 Å². The van der Waals surface area contributed by atoms with Gasteiger partial charge in [-0.25, -0.2) is 9.97 Å². The van der Waals surface area contributed by atoms with E-state index in [1.807, 2.05) is 16.7 Å². The molecular formula is C25H28N6O2. The van der Waals surface area contributed by atoms with Crippen molar-refractivity contribution in [1.29, 1.82) is 0 Å². The summed E-state index contributed by atoms with van der Waals surface area (Å²) in [5.74, 6) is -0.402. The zero-order chi connectivity index (χ0) is 22.8. The third-order valence-corrected chi connectivity index (χ3v) is 6.47. The third-order valence-electron chi connectivity index (χ3n) is 6.47. The molecule has 0 unspecified atom stereocenters. The van der Waals surface area contributed by atoms with Crippen molar-refractivity contribution in [2.24, 2.45) is 0 Å². The van der Waals surface area contributed by atoms with Crippen molar-refractivity contribution in [3.8, 4) is 0 Å². The molecule has 1 aliphatic rings. The van der Waals surface area contributed by atoms with E-state index in [1.165, 1.54) is 48.1 Å². The summed E-state index contributed by atoms with van der Waals surface area (Å²) in [4.78, 5) is 33.7. The number of aromatic nitrogens is 4. The number of hydrogen-bond donors (Lipinski definition) is 2. The summed E-state index contributed by atoms with van der Waals surface area (Å²) in [5.41, 5.74) is 3.23. The minimum Gasteiger partial charge on any atom is -0.345 e. The van der Waals surface area contributed by atoms with Gasteiger partial charge in [-0.15, -0.1) is 0 Å². The fraction of sp³-hybridized carbons (Fsp3) is 0.360. The first-order chi connectivity index (χ1) is 16.0. The Morgan fingerprint density at radius 1 is 1.03 bits per heavy atom. The maximum Gasteiger partial charge on any atom is 0.270 e. The molecule has 4 heterocycles. The number of imidazole rings is 1. The second kappa shape index (κ2) is 8.78. The van der Waals surface area contributed by atoms with Crippen molar-refractivity contribution < 1.29 is 4.79 Å². The van der Waals surface area contributed by atoms with Crippen LogP contribution in [0.25, 0.3) is 11.3 Å². The number of pyridine rings is 2. The number of rotatable bonds is 6. The topological polar surface area (TPSA) is 92.8 Å². The fourth-order valence-corrected chi connectivity index (χ4v) is 4.54. The molecule has 8 nitrogen and oxygen atoms in total. The van der Waals surface area contributed by atoms with Crippen molar-refractivity contribution in [1.82, 2.24) is 29.4 Å². The molecule has 1 aliphatic carbocycles. The molecule has 4 aromatic heterocycles. The standard InChI is InChI=1S/C25H28N6O2/c1-25(10-4-2-5-11-25)27-14-18-8-9-21-28-19(17-30(21)16-18)15-26-24(33)20-13-23(32)31-12-6-3-7-22(31)29-20/h3,6-9,12-13,16-17,27H,2,4-5,10-11,14-15H2,1H3,(H,26,33). The van der Waals surface area contributed by atoms with Gasteiger partial charge in [-0.1, -0.05) is 31.4 Å². The summed E-state index contributed by atoms with van der Waals surface area (Å²) in [5, 5.41) is 6.55. The second-order valence-electron chi connectivity index (χ2n) is 9.10. The minimum absolute atomic E-state index is 0.0968. The second-order valence-corrected chi connectivity index (χ2v) is 9.10. The summed E-state index contributed by atoms with van der Waals surface area (Å²) in [6.45, 7) is 3.39. The van der Waals surface area contributed by atoms with E-state index in [1.54, 1.807) is 24.4 Å². The highest BCUT2D eigenvalue weighted by Crippen LogP contribution is 2.27. The molecule has 0 aromatic carbocycles. The van der Waals surface area contributed by atoms with Crippen molar-refractivity contribution in [2.45, 2.75) is 57.7 Å². The number of fused-ring (bicyclic) bond motifs is 2. The van der Waals surface area contributed by atoms with Crippen LogP contribution in [-0.4, -0.2) is 30.2 Å². The number of carbonyl (C=O) groups is 1. The lowest BCUT2D eigenvalue weighted by Gasteiger charge is -2.34. The lowest BCUT2D eigenvalue weighted by atomic mass is 9.83. The Bertz CT molecular complexity index is 1370. The van der Waals surface area contributed by atoms with Crippen LogP contribution in [-0.2, 0) is 13.1 Å². The van der Waals surface area contributed by atoms with Crippen LogP contribution in [0.15, 0.2) is 59.8 Å². The lowest BCUT2D eigenvalue weighted by molar-refractivity contribution is 0.0945. The van der Waals surface area contributed by atoms with Crippen LogP contribution in [0.4, 0.5) is 0 Å². The highest BCUT2D eigenvalue weighted by molar-refractivity contribution is 5.92. The van der Waals surface area contributed by atoms with Crippen molar-refractivity contribution in [3.63, 3.8) is 0 Å². The zero-order valence-electron chi connectivity index (χ0n) is 18.8. The molecule has 33 heavy (non-hydrogen) atoms. The average Bonchev–Trinajstić information content (AvgIpc) is 3.24. The molecule has 1 amide bonds. The van der Waals surface area contributed by atoms with Crippen LogP contribution in [0.1, 0.15) is 60.8 Å². The molecule has 170 valence electrons. The monoisotopic (exact) mass is 444 g/mol. The van der Waals surface area contributed by atoms with Crippen LogP contribution in [0.5, 0.6) is 0 Å². The van der Waals surface area contributed by atoms with Gasteiger partial charge in [0.2, 0.25) is 0 Å². The number of nitrogens with one attached hydrogen (secondary N) is 2. The van der Waals surface area contributed by atoms with Gasteiger partial charge in [0.15, 0.2) is 0 Å². The molecule has 0 saturated heterocycles. The number of carbonyl (C=O) groups excluding carboxylic acids is 1. The van der Waals surface area contributed by atoms with Gasteiger partial charge in [-0.2, -0.15) is 0 Å². The third kappa shape index (κ3) is 4.66. The van der Waals surface area contributed by atoms with E-state index < -0.39 is 5.91 Å². The molecule has 0 radical (unpaired) electrons. The largest absolute Gasteiger partial charge is 0.345 e. The first-order valence-electron chi connectivity index (χ1n) is 11.5. The first kappa shape index (κ1) is 21.3. The van der Waals surface area contributed by atoms with Crippen LogP contribution in [0.2, 0.25) is 0 Å². The quantitative estimate of drug-likeness (QED) is 0.477. The van der Waals surface area contributed by atoms with E-state index in [4.69, 9.17) is 0 Å². The predicted molar refractivity (Wildman–Crippen MR) is 126 cm³/mol. The van der Waals surface area contributed by atoms with Crippen LogP contribution in [0.3, 0.4) is 0 Å². The Hall–Kier alpha value is -3.52. The smallest absolute Gasteiger partial charge is 0.270 e. The van der Waals surface area contributed by atoms with Gasteiger partial charge in [0.05, 0.1) is 12.2 Å². The van der Waals surface area contributed by atoms with E-state index in [-0.39, 0.29) is 23.3 Å². The van der Waals surface area contributed by atoms with Gasteiger partial charge in [0, 0.05) is 36.7 Å². The molecule has 0 aliphatic heterocycles. The molecule has 0 spiro atoms. The molecule has 4 aromatic rings. The highest BCUT2D eigenvalue weighted by Gasteiger charge is 2.25. The molecule has 5 rings (SSSR count). The highest BCUT2D eigenvalue weighted by atomic mass is 16.2. The van der Waals surface area contributed by atoms with Gasteiger partial charge in [-0.3, -0.25) is 14.0 Å². The molecular weight excluding hydrogens is 416 g/mol. The van der Waals surface area contributed by atoms with E-state index in [0.717, 1.165) is 17.9 Å². The molecule has 1 saturated carbocycles. The lowest BCUT2D eigenvalue weighted by Crippen LogP contribution is -2.43. The maximum absolute atomic E-state index is 12.6. The molecule has 1 fully saturated rings. The summed E-state index contributed by atoms with van der Waals surface area (Å²) in [6, 6.07) is 10.6.